The fourth-order valence-corrected chi connectivity index (χ4v) is 3.53. The molecule has 0 aromatic rings. The van der Waals surface area contributed by atoms with Crippen LogP contribution in [0, 0.1) is 11.8 Å². The van der Waals surface area contributed by atoms with Crippen molar-refractivity contribution in [2.45, 2.75) is 45.1 Å². The Hall–Kier alpha value is -0.610. The van der Waals surface area contributed by atoms with E-state index in [4.69, 9.17) is 5.73 Å². The fraction of sp³-hybridized carbons (Fsp3) is 0.929. The van der Waals surface area contributed by atoms with Crippen molar-refractivity contribution in [3.05, 3.63) is 0 Å². The summed E-state index contributed by atoms with van der Waals surface area (Å²) < 4.78 is 0. The molecule has 0 bridgehead atoms. The molecule has 2 aliphatic rings. The topological polar surface area (TPSA) is 58.4 Å². The van der Waals surface area contributed by atoms with E-state index in [1.807, 2.05) is 0 Å². The molecule has 1 heterocycles. The van der Waals surface area contributed by atoms with Gasteiger partial charge in [-0.15, -0.1) is 0 Å². The zero-order chi connectivity index (χ0) is 13.2. The molecule has 0 aromatic carbocycles. The highest BCUT2D eigenvalue weighted by Crippen LogP contribution is 2.40. The quantitative estimate of drug-likeness (QED) is 0.771. The Morgan fingerprint density at radius 3 is 2.72 bits per heavy atom. The van der Waals surface area contributed by atoms with Crippen molar-refractivity contribution < 1.29 is 4.79 Å². The van der Waals surface area contributed by atoms with Crippen molar-refractivity contribution in [1.82, 2.24) is 10.2 Å². The lowest BCUT2D eigenvalue weighted by molar-refractivity contribution is -0.134. The third kappa shape index (κ3) is 2.54. The van der Waals surface area contributed by atoms with Gasteiger partial charge in [-0.2, -0.15) is 0 Å². The third-order valence-electron chi connectivity index (χ3n) is 5.05. The van der Waals surface area contributed by atoms with E-state index in [1.165, 1.54) is 0 Å². The molecule has 18 heavy (non-hydrogen) atoms. The average Bonchev–Trinajstić information content (AvgIpc) is 2.61. The first-order valence-electron chi connectivity index (χ1n) is 7.32. The van der Waals surface area contributed by atoms with Gasteiger partial charge in [-0.25, -0.2) is 0 Å². The van der Waals surface area contributed by atoms with E-state index in [1.54, 1.807) is 0 Å². The van der Waals surface area contributed by atoms with Crippen LogP contribution in [0.25, 0.3) is 0 Å². The van der Waals surface area contributed by atoms with E-state index in [-0.39, 0.29) is 11.4 Å². The van der Waals surface area contributed by atoms with Crippen LogP contribution in [0.1, 0.15) is 39.5 Å². The highest BCUT2D eigenvalue weighted by atomic mass is 16.1. The van der Waals surface area contributed by atoms with E-state index in [0.29, 0.717) is 11.8 Å². The molecule has 104 valence electrons. The zero-order valence-corrected chi connectivity index (χ0v) is 11.7. The molecule has 0 radical (unpaired) electrons. The molecule has 3 unspecified atom stereocenters. The Labute approximate surface area is 110 Å². The molecule has 4 heteroatoms. The summed E-state index contributed by atoms with van der Waals surface area (Å²) in [5.41, 5.74) is 5.41. The molecule has 1 saturated carbocycles. The molecule has 2 rings (SSSR count). The maximum Gasteiger partial charge on any atom is 0.237 e. The maximum absolute atomic E-state index is 12.1. The second-order valence-corrected chi connectivity index (χ2v) is 6.18. The van der Waals surface area contributed by atoms with Gasteiger partial charge < -0.3 is 11.1 Å². The number of hydrogen-bond donors (Lipinski definition) is 2. The molecule has 0 aromatic heterocycles. The molecule has 1 saturated heterocycles. The van der Waals surface area contributed by atoms with Crippen molar-refractivity contribution in [2.75, 3.05) is 26.2 Å². The highest BCUT2D eigenvalue weighted by molar-refractivity contribution is 5.84. The van der Waals surface area contributed by atoms with Gasteiger partial charge in [0, 0.05) is 19.6 Å². The molecular formula is C14H27N3O. The minimum absolute atomic E-state index is 0.108. The first-order chi connectivity index (χ1) is 8.56. The minimum atomic E-state index is -0.377. The van der Waals surface area contributed by atoms with Crippen LogP contribution in [0.2, 0.25) is 0 Å². The largest absolute Gasteiger partial charge is 0.368 e. The Morgan fingerprint density at radius 1 is 1.28 bits per heavy atom. The first-order valence-corrected chi connectivity index (χ1v) is 7.32. The summed E-state index contributed by atoms with van der Waals surface area (Å²) in [6, 6.07) is 0. The van der Waals surface area contributed by atoms with Crippen LogP contribution in [0.3, 0.4) is 0 Å². The van der Waals surface area contributed by atoms with Gasteiger partial charge >= 0.3 is 0 Å². The van der Waals surface area contributed by atoms with E-state index in [0.717, 1.165) is 51.9 Å². The average molecular weight is 253 g/mol. The Kier molecular flexibility index (Phi) is 4.28. The summed E-state index contributed by atoms with van der Waals surface area (Å²) in [7, 11) is 0. The monoisotopic (exact) mass is 253 g/mol. The maximum atomic E-state index is 12.1. The number of carbonyl (C=O) groups excluding carboxylic acids is 1. The molecule has 2 fully saturated rings. The van der Waals surface area contributed by atoms with Gasteiger partial charge in [0.15, 0.2) is 0 Å². The van der Waals surface area contributed by atoms with Crippen LogP contribution in [0.15, 0.2) is 0 Å². The van der Waals surface area contributed by atoms with Crippen LogP contribution in [0.5, 0.6) is 0 Å². The second kappa shape index (κ2) is 5.57. The van der Waals surface area contributed by atoms with Gasteiger partial charge in [0.05, 0.1) is 0 Å². The van der Waals surface area contributed by atoms with Crippen molar-refractivity contribution >= 4 is 5.91 Å². The zero-order valence-electron chi connectivity index (χ0n) is 11.7. The Balaban J connectivity index is 2.18. The Bertz CT molecular complexity index is 299. The molecule has 3 N–H and O–H groups in total. The van der Waals surface area contributed by atoms with Crippen LogP contribution < -0.4 is 11.1 Å². The summed E-state index contributed by atoms with van der Waals surface area (Å²) in [6.07, 6.45) is 4.10. The predicted octanol–water partition coefficient (Wildman–Crippen LogP) is 0.962. The third-order valence-corrected chi connectivity index (χ3v) is 5.05. The summed E-state index contributed by atoms with van der Waals surface area (Å²) in [5.74, 6) is 1.19. The van der Waals surface area contributed by atoms with E-state index >= 15 is 0 Å². The van der Waals surface area contributed by atoms with Crippen molar-refractivity contribution in [1.29, 1.82) is 0 Å². The lowest BCUT2D eigenvalue weighted by Crippen LogP contribution is -2.61. The van der Waals surface area contributed by atoms with E-state index < -0.39 is 0 Å². The standard InChI is InChI=1S/C14H27N3O/c1-11-4-5-14(13(15)18,10-12(11)2)17-8-3-6-16-7-9-17/h11-12,16H,3-10H2,1-2H3,(H2,15,18). The second-order valence-electron chi connectivity index (χ2n) is 6.18. The molecule has 0 spiro atoms. The number of hydrogen-bond acceptors (Lipinski definition) is 3. The summed E-state index contributed by atoms with van der Waals surface area (Å²) in [6.45, 7) is 8.52. The van der Waals surface area contributed by atoms with Crippen LogP contribution in [-0.4, -0.2) is 42.5 Å². The SMILES string of the molecule is CC1CCC(C(N)=O)(N2CCCNCC2)CC1C. The van der Waals surface area contributed by atoms with Gasteiger partial charge in [0.2, 0.25) is 5.91 Å². The number of primary amides is 1. The van der Waals surface area contributed by atoms with Crippen molar-refractivity contribution in [3.8, 4) is 0 Å². The smallest absolute Gasteiger partial charge is 0.237 e. The number of nitrogens with two attached hydrogens (primary N) is 1. The molecule has 1 aliphatic heterocycles. The van der Waals surface area contributed by atoms with Crippen LogP contribution in [-0.2, 0) is 4.79 Å². The fourth-order valence-electron chi connectivity index (χ4n) is 3.53. The molecule has 1 amide bonds. The lowest BCUT2D eigenvalue weighted by atomic mass is 9.70. The van der Waals surface area contributed by atoms with Gasteiger partial charge in [-0.1, -0.05) is 13.8 Å². The summed E-state index contributed by atoms with van der Waals surface area (Å²) in [4.78, 5) is 14.5. The van der Waals surface area contributed by atoms with Crippen LogP contribution in [0.4, 0.5) is 0 Å². The number of nitrogens with zero attached hydrogens (tertiary/aromatic N) is 1. The van der Waals surface area contributed by atoms with Gasteiger partial charge in [0.1, 0.15) is 5.54 Å². The van der Waals surface area contributed by atoms with Crippen molar-refractivity contribution in [2.24, 2.45) is 17.6 Å². The molecular weight excluding hydrogens is 226 g/mol. The highest BCUT2D eigenvalue weighted by Gasteiger charge is 2.46. The van der Waals surface area contributed by atoms with Gasteiger partial charge in [0.25, 0.3) is 0 Å². The number of rotatable bonds is 2. The van der Waals surface area contributed by atoms with Crippen LogP contribution >= 0.6 is 0 Å². The summed E-state index contributed by atoms with van der Waals surface area (Å²) in [5, 5.41) is 3.40. The number of amides is 1. The van der Waals surface area contributed by atoms with Crippen molar-refractivity contribution in [3.63, 3.8) is 0 Å². The molecule has 3 atom stereocenters. The van der Waals surface area contributed by atoms with E-state index in [9.17, 15) is 4.79 Å². The predicted molar refractivity (Wildman–Crippen MR) is 73.2 cm³/mol. The summed E-state index contributed by atoms with van der Waals surface area (Å²) >= 11 is 0. The number of carbonyl (C=O) groups is 1. The lowest BCUT2D eigenvalue weighted by Gasteiger charge is -2.47. The Morgan fingerprint density at radius 2 is 2.06 bits per heavy atom. The van der Waals surface area contributed by atoms with Gasteiger partial charge in [-0.05, 0) is 44.1 Å². The molecule has 1 aliphatic carbocycles. The molecule has 4 nitrogen and oxygen atoms in total. The normalized spacial score (nSPS) is 39.2. The van der Waals surface area contributed by atoms with E-state index in [2.05, 4.69) is 24.1 Å². The first kappa shape index (κ1) is 13.8. The number of nitrogens with one attached hydrogen (secondary N) is 1. The minimum Gasteiger partial charge on any atom is -0.368 e. The van der Waals surface area contributed by atoms with Gasteiger partial charge in [-0.3, -0.25) is 9.69 Å².